The van der Waals surface area contributed by atoms with E-state index in [0.717, 1.165) is 68.3 Å². The van der Waals surface area contributed by atoms with Gasteiger partial charge in [0.2, 0.25) is 11.4 Å². The average molecular weight is 1010 g/mol. The van der Waals surface area contributed by atoms with E-state index in [-0.39, 0.29) is 16.5 Å². The van der Waals surface area contributed by atoms with E-state index in [1.807, 2.05) is 0 Å². The van der Waals surface area contributed by atoms with E-state index in [2.05, 4.69) is 105 Å². The SMILES string of the molecule is CCCCCc1cc(C2=C(CC)C(CCCC)=C(c3cc(C)c(C)c(C)c3)[N+]2=[N-])cc(CCCCC)c1CCCCC.[C-]#CCCCCCCCCCCCC.[C-]#CCCCCCCCCCCCC.[Ni+2]. The molecule has 1 heterocycles. The molecule has 3 heteroatoms. The van der Waals surface area contributed by atoms with Gasteiger partial charge in [-0.1, -0.05) is 209 Å². The first-order chi connectivity index (χ1) is 34.1. The maximum atomic E-state index is 12.1. The van der Waals surface area contributed by atoms with Crippen LogP contribution in [-0.2, 0) is 35.8 Å². The first-order valence-electron chi connectivity index (χ1n) is 30.1. The summed E-state index contributed by atoms with van der Waals surface area (Å²) in [5, 5.41) is 0. The van der Waals surface area contributed by atoms with Crippen LogP contribution in [0.4, 0.5) is 0 Å². The zero-order chi connectivity index (χ0) is 51.6. The van der Waals surface area contributed by atoms with Crippen LogP contribution < -0.4 is 0 Å². The Morgan fingerprint density at radius 3 is 1.08 bits per heavy atom. The fraction of sp³-hybridized carbons (Fsp3) is 0.706. The van der Waals surface area contributed by atoms with Gasteiger partial charge in [0.15, 0.2) is 0 Å². The maximum absolute atomic E-state index is 12.1. The molecular formula is C68H110N2Ni. The Morgan fingerprint density at radius 2 is 0.718 bits per heavy atom. The van der Waals surface area contributed by atoms with Gasteiger partial charge in [0.25, 0.3) is 0 Å². The summed E-state index contributed by atoms with van der Waals surface area (Å²) in [6.45, 7) is 22.6. The van der Waals surface area contributed by atoms with Crippen molar-refractivity contribution in [2.75, 3.05) is 0 Å². The molecule has 0 spiro atoms. The van der Waals surface area contributed by atoms with Crippen LogP contribution in [0.15, 0.2) is 35.4 Å². The maximum Gasteiger partial charge on any atom is 2.00 e. The van der Waals surface area contributed by atoms with E-state index in [1.165, 1.54) is 237 Å². The van der Waals surface area contributed by atoms with Crippen molar-refractivity contribution in [2.24, 2.45) is 0 Å². The molecular weight excluding hydrogens is 903 g/mol. The Hall–Kier alpha value is -2.87. The Morgan fingerprint density at radius 1 is 0.394 bits per heavy atom. The van der Waals surface area contributed by atoms with Gasteiger partial charge in [-0.25, -0.2) is 4.70 Å². The molecule has 0 radical (unpaired) electrons. The van der Waals surface area contributed by atoms with Gasteiger partial charge in [-0.15, -0.1) is 0 Å². The normalized spacial score (nSPS) is 12.0. The van der Waals surface area contributed by atoms with Crippen LogP contribution in [0.25, 0.3) is 16.9 Å². The third-order valence-electron chi connectivity index (χ3n) is 14.8. The Kier molecular flexibility index (Phi) is 43.9. The summed E-state index contributed by atoms with van der Waals surface area (Å²) in [6.07, 6.45) is 61.6. The number of hydrogen-bond donors (Lipinski definition) is 0. The van der Waals surface area contributed by atoms with E-state index in [9.17, 15) is 5.53 Å². The third kappa shape index (κ3) is 28.4. The quantitative estimate of drug-likeness (QED) is 0.0211. The van der Waals surface area contributed by atoms with Crippen molar-refractivity contribution in [1.82, 2.24) is 0 Å². The van der Waals surface area contributed by atoms with Gasteiger partial charge in [0.1, 0.15) is 0 Å². The Balaban J connectivity index is 0.00000138. The second-order valence-electron chi connectivity index (χ2n) is 21.0. The number of rotatable bonds is 38. The van der Waals surface area contributed by atoms with E-state index in [0.29, 0.717) is 0 Å². The van der Waals surface area contributed by atoms with Gasteiger partial charge in [-0.05, 0) is 162 Å². The molecule has 0 bridgehead atoms. The predicted octanol–water partition coefficient (Wildman–Crippen LogP) is 22.4. The van der Waals surface area contributed by atoms with Crippen molar-refractivity contribution in [1.29, 1.82) is 0 Å². The molecule has 71 heavy (non-hydrogen) atoms. The molecule has 0 fully saturated rings. The molecule has 402 valence electrons. The summed E-state index contributed by atoms with van der Waals surface area (Å²) in [5.74, 6) is 4.89. The van der Waals surface area contributed by atoms with Gasteiger partial charge < -0.3 is 30.2 Å². The number of allylic oxidation sites excluding steroid dienone is 2. The molecule has 0 atom stereocenters. The first kappa shape index (κ1) is 68.1. The molecule has 0 amide bonds. The zero-order valence-corrected chi connectivity index (χ0v) is 49.4. The standard InChI is InChI=1S/C40H60N2.2C14H25.Ni/c1-9-14-18-21-32-27-35(28-33(22-19-15-10-2)37(32)24-20-16-11-3)39-36(13-5)38(23-17-12-4)40(42(39)41)34-25-29(6)31(8)30(7)26-34;2*1-3-5-7-9-11-13-14-12-10-8-6-4-2;/h25-28H,9-24H2,1-8H3;2*3,5-14H2,1H3;/q;2*-1;+2. The predicted molar refractivity (Wildman–Crippen MR) is 311 cm³/mol. The molecule has 3 rings (SSSR count). The van der Waals surface area contributed by atoms with Crippen LogP contribution in [0, 0.1) is 45.5 Å². The summed E-state index contributed by atoms with van der Waals surface area (Å²) in [4.78, 5) is 0. The number of nitrogens with zero attached hydrogens (tertiary/aromatic N) is 2. The van der Waals surface area contributed by atoms with Gasteiger partial charge in [0.05, 0.1) is 0 Å². The minimum absolute atomic E-state index is 0. The minimum atomic E-state index is 0. The molecule has 0 N–H and O–H groups in total. The number of unbranched alkanes of at least 4 members (excludes halogenated alkanes) is 27. The van der Waals surface area contributed by atoms with E-state index in [4.69, 9.17) is 12.8 Å². The van der Waals surface area contributed by atoms with E-state index >= 15 is 0 Å². The van der Waals surface area contributed by atoms with Crippen LogP contribution >= 0.6 is 0 Å². The largest absolute Gasteiger partial charge is 2.00 e. The molecule has 0 saturated carbocycles. The molecule has 1 aliphatic rings. The summed E-state index contributed by atoms with van der Waals surface area (Å²) in [6, 6.07) is 9.51. The van der Waals surface area contributed by atoms with Crippen molar-refractivity contribution in [2.45, 2.75) is 313 Å². The molecule has 1 aliphatic heterocycles. The summed E-state index contributed by atoms with van der Waals surface area (Å²) in [5.41, 5.74) is 27.8. The molecule has 2 aromatic carbocycles. The third-order valence-corrected chi connectivity index (χ3v) is 14.8. The van der Waals surface area contributed by atoms with Gasteiger partial charge in [-0.2, -0.15) is 0 Å². The monoisotopic (exact) mass is 1010 g/mol. The van der Waals surface area contributed by atoms with E-state index in [1.54, 1.807) is 10.3 Å². The smallest absolute Gasteiger partial charge is 0.694 e. The summed E-state index contributed by atoms with van der Waals surface area (Å²) < 4.78 is 1.59. The minimum Gasteiger partial charge on any atom is -0.694 e. The van der Waals surface area contributed by atoms with Crippen molar-refractivity contribution in [3.8, 4) is 11.8 Å². The van der Waals surface area contributed by atoms with Crippen LogP contribution in [-0.4, -0.2) is 4.70 Å². The molecule has 0 aromatic heterocycles. The molecule has 2 nitrogen and oxygen atoms in total. The van der Waals surface area contributed by atoms with E-state index < -0.39 is 0 Å². The van der Waals surface area contributed by atoms with Crippen molar-refractivity contribution < 1.29 is 21.2 Å². The molecule has 0 unspecified atom stereocenters. The number of aryl methyl sites for hydroxylation is 4. The van der Waals surface area contributed by atoms with Crippen LogP contribution in [0.5, 0.6) is 0 Å². The first-order valence-corrected chi connectivity index (χ1v) is 30.1. The zero-order valence-electron chi connectivity index (χ0n) is 48.4. The van der Waals surface area contributed by atoms with Gasteiger partial charge >= 0.3 is 16.5 Å². The fourth-order valence-corrected chi connectivity index (χ4v) is 10.2. The second kappa shape index (κ2) is 45.7. The van der Waals surface area contributed by atoms with Crippen LogP contribution in [0.3, 0.4) is 0 Å². The Bertz CT molecular complexity index is 1740. The second-order valence-corrected chi connectivity index (χ2v) is 21.0. The molecule has 0 aliphatic carbocycles. The van der Waals surface area contributed by atoms with Crippen LogP contribution in [0.1, 0.15) is 318 Å². The topological polar surface area (TPSA) is 25.3 Å². The Labute approximate surface area is 453 Å². The summed E-state index contributed by atoms with van der Waals surface area (Å²) >= 11 is 0. The fourth-order valence-electron chi connectivity index (χ4n) is 10.2. The van der Waals surface area contributed by atoms with Crippen molar-refractivity contribution in [3.63, 3.8) is 0 Å². The molecule has 0 saturated heterocycles. The molecule has 2 aromatic rings. The van der Waals surface area contributed by atoms with Crippen molar-refractivity contribution >= 4 is 11.4 Å². The summed E-state index contributed by atoms with van der Waals surface area (Å²) in [7, 11) is 0. The van der Waals surface area contributed by atoms with Crippen molar-refractivity contribution in [3.05, 3.63) is 98.3 Å². The van der Waals surface area contributed by atoms with Gasteiger partial charge in [0, 0.05) is 22.3 Å². The number of benzene rings is 2. The number of hydrogen-bond acceptors (Lipinski definition) is 0. The van der Waals surface area contributed by atoms with Gasteiger partial charge in [-0.3, -0.25) is 0 Å². The average Bonchev–Trinajstić information content (AvgIpc) is 3.64. The van der Waals surface area contributed by atoms with Crippen LogP contribution in [0.2, 0.25) is 0 Å².